The average Bonchev–Trinajstić information content (AvgIpc) is 2.20. The molecule has 1 rings (SSSR count). The van der Waals surface area contributed by atoms with E-state index in [0.29, 0.717) is 12.0 Å². The van der Waals surface area contributed by atoms with Gasteiger partial charge in [0, 0.05) is 12.6 Å². The highest BCUT2D eigenvalue weighted by Crippen LogP contribution is 2.29. The summed E-state index contributed by atoms with van der Waals surface area (Å²) in [7, 11) is 2.03. The van der Waals surface area contributed by atoms with Gasteiger partial charge < -0.3 is 10.1 Å². The van der Waals surface area contributed by atoms with Crippen LogP contribution in [0.2, 0.25) is 0 Å². The van der Waals surface area contributed by atoms with Crippen LogP contribution in [-0.2, 0) is 4.74 Å². The quantitative estimate of drug-likeness (QED) is 0.626. The Morgan fingerprint density at radius 2 is 2.13 bits per heavy atom. The first-order valence-electron chi connectivity index (χ1n) is 6.53. The van der Waals surface area contributed by atoms with Gasteiger partial charge in [0.25, 0.3) is 0 Å². The molecule has 90 valence electrons. The van der Waals surface area contributed by atoms with Crippen molar-refractivity contribution in [2.45, 2.75) is 52.0 Å². The number of likely N-dealkylation sites (N-methyl/N-ethyl adjacent to an activating group) is 1. The summed E-state index contributed by atoms with van der Waals surface area (Å²) in [6, 6.07) is 0.524. The molecule has 0 aromatic rings. The second-order valence-corrected chi connectivity index (χ2v) is 4.94. The summed E-state index contributed by atoms with van der Waals surface area (Å²) >= 11 is 0. The van der Waals surface area contributed by atoms with Crippen molar-refractivity contribution in [3.63, 3.8) is 0 Å². The molecule has 1 aliphatic rings. The highest BCUT2D eigenvalue weighted by atomic mass is 16.5. The molecule has 0 heterocycles. The Kier molecular flexibility index (Phi) is 6.26. The molecule has 1 fully saturated rings. The molecular formula is C13H27NO. The first kappa shape index (κ1) is 13.0. The SMILES string of the molecule is CCC(C)C(COCCC1CCC1)NC. The van der Waals surface area contributed by atoms with Gasteiger partial charge >= 0.3 is 0 Å². The van der Waals surface area contributed by atoms with Crippen LogP contribution in [0.3, 0.4) is 0 Å². The standard InChI is InChI=1S/C13H27NO/c1-4-11(2)13(14-3)10-15-9-8-12-6-5-7-12/h11-14H,4-10H2,1-3H3. The third kappa shape index (κ3) is 4.52. The van der Waals surface area contributed by atoms with E-state index < -0.39 is 0 Å². The number of hydrogen-bond donors (Lipinski definition) is 1. The maximum atomic E-state index is 5.75. The number of nitrogens with one attached hydrogen (secondary N) is 1. The molecule has 2 nitrogen and oxygen atoms in total. The number of ether oxygens (including phenoxy) is 1. The highest BCUT2D eigenvalue weighted by Gasteiger charge is 2.17. The molecule has 0 aliphatic heterocycles. The minimum absolute atomic E-state index is 0.524. The largest absolute Gasteiger partial charge is 0.380 e. The van der Waals surface area contributed by atoms with E-state index in [2.05, 4.69) is 19.2 Å². The van der Waals surface area contributed by atoms with Crippen molar-refractivity contribution in [1.82, 2.24) is 5.32 Å². The zero-order chi connectivity index (χ0) is 11.1. The number of hydrogen-bond acceptors (Lipinski definition) is 2. The second-order valence-electron chi connectivity index (χ2n) is 4.94. The van der Waals surface area contributed by atoms with Gasteiger partial charge in [-0.25, -0.2) is 0 Å². The summed E-state index contributed by atoms with van der Waals surface area (Å²) in [5, 5.41) is 3.34. The van der Waals surface area contributed by atoms with Crippen molar-refractivity contribution in [3.05, 3.63) is 0 Å². The minimum atomic E-state index is 0.524. The number of rotatable bonds is 8. The first-order chi connectivity index (χ1) is 7.27. The second kappa shape index (κ2) is 7.24. The van der Waals surface area contributed by atoms with Crippen LogP contribution in [-0.4, -0.2) is 26.3 Å². The maximum absolute atomic E-state index is 5.75. The Hall–Kier alpha value is -0.0800. The molecule has 0 radical (unpaired) electrons. The summed E-state index contributed by atoms with van der Waals surface area (Å²) in [6.45, 7) is 6.36. The zero-order valence-corrected chi connectivity index (χ0v) is 10.6. The molecule has 1 saturated carbocycles. The normalized spacial score (nSPS) is 21.0. The lowest BCUT2D eigenvalue weighted by atomic mass is 9.83. The van der Waals surface area contributed by atoms with Gasteiger partial charge in [0.1, 0.15) is 0 Å². The van der Waals surface area contributed by atoms with Crippen molar-refractivity contribution in [1.29, 1.82) is 0 Å². The molecule has 0 bridgehead atoms. The summed E-state index contributed by atoms with van der Waals surface area (Å²) in [4.78, 5) is 0. The van der Waals surface area contributed by atoms with Crippen LogP contribution in [0.25, 0.3) is 0 Å². The molecule has 15 heavy (non-hydrogen) atoms. The summed E-state index contributed by atoms with van der Waals surface area (Å²) in [6.07, 6.45) is 6.81. The van der Waals surface area contributed by atoms with E-state index in [1.54, 1.807) is 0 Å². The van der Waals surface area contributed by atoms with Crippen LogP contribution in [0.4, 0.5) is 0 Å². The van der Waals surface area contributed by atoms with Crippen LogP contribution < -0.4 is 5.32 Å². The van der Waals surface area contributed by atoms with E-state index in [4.69, 9.17) is 4.74 Å². The maximum Gasteiger partial charge on any atom is 0.0622 e. The lowest BCUT2D eigenvalue weighted by molar-refractivity contribution is 0.0782. The summed E-state index contributed by atoms with van der Waals surface area (Å²) in [5.74, 6) is 1.68. The van der Waals surface area contributed by atoms with Crippen LogP contribution in [0.15, 0.2) is 0 Å². The van der Waals surface area contributed by atoms with Gasteiger partial charge in [0.15, 0.2) is 0 Å². The fourth-order valence-corrected chi connectivity index (χ4v) is 2.06. The molecule has 0 aromatic heterocycles. The van der Waals surface area contributed by atoms with Crippen LogP contribution in [0.1, 0.15) is 46.0 Å². The topological polar surface area (TPSA) is 21.3 Å². The van der Waals surface area contributed by atoms with E-state index in [1.807, 2.05) is 7.05 Å². The van der Waals surface area contributed by atoms with E-state index in [-0.39, 0.29) is 0 Å². The van der Waals surface area contributed by atoms with E-state index in [9.17, 15) is 0 Å². The smallest absolute Gasteiger partial charge is 0.0622 e. The van der Waals surface area contributed by atoms with Crippen LogP contribution in [0, 0.1) is 11.8 Å². The first-order valence-corrected chi connectivity index (χ1v) is 6.53. The van der Waals surface area contributed by atoms with Crippen molar-refractivity contribution < 1.29 is 4.74 Å². The zero-order valence-electron chi connectivity index (χ0n) is 10.6. The van der Waals surface area contributed by atoms with Crippen LogP contribution >= 0.6 is 0 Å². The Morgan fingerprint density at radius 3 is 2.60 bits per heavy atom. The molecule has 0 saturated heterocycles. The fraction of sp³-hybridized carbons (Fsp3) is 1.00. The third-order valence-electron chi connectivity index (χ3n) is 3.89. The molecule has 0 spiro atoms. The molecule has 0 amide bonds. The predicted molar refractivity (Wildman–Crippen MR) is 65.1 cm³/mol. The fourth-order valence-electron chi connectivity index (χ4n) is 2.06. The van der Waals surface area contributed by atoms with Gasteiger partial charge in [-0.3, -0.25) is 0 Å². The molecule has 2 atom stereocenters. The van der Waals surface area contributed by atoms with Gasteiger partial charge in [0.2, 0.25) is 0 Å². The molecular weight excluding hydrogens is 186 g/mol. The molecule has 1 N–H and O–H groups in total. The lowest BCUT2D eigenvalue weighted by Crippen LogP contribution is -2.36. The Balaban J connectivity index is 2.00. The third-order valence-corrected chi connectivity index (χ3v) is 3.89. The van der Waals surface area contributed by atoms with Crippen LogP contribution in [0.5, 0.6) is 0 Å². The van der Waals surface area contributed by atoms with Crippen molar-refractivity contribution in [3.8, 4) is 0 Å². The summed E-state index contributed by atoms with van der Waals surface area (Å²) in [5.41, 5.74) is 0. The molecule has 0 aromatic carbocycles. The summed E-state index contributed by atoms with van der Waals surface area (Å²) < 4.78 is 5.75. The van der Waals surface area contributed by atoms with Gasteiger partial charge in [-0.2, -0.15) is 0 Å². The Morgan fingerprint density at radius 1 is 1.40 bits per heavy atom. The highest BCUT2D eigenvalue weighted by molar-refractivity contribution is 4.71. The van der Waals surface area contributed by atoms with Gasteiger partial charge in [-0.05, 0) is 25.3 Å². The molecule has 1 aliphatic carbocycles. The van der Waals surface area contributed by atoms with Gasteiger partial charge in [-0.1, -0.05) is 39.5 Å². The lowest BCUT2D eigenvalue weighted by Gasteiger charge is -2.26. The van der Waals surface area contributed by atoms with Crippen molar-refractivity contribution in [2.24, 2.45) is 11.8 Å². The minimum Gasteiger partial charge on any atom is -0.380 e. The average molecular weight is 213 g/mol. The van der Waals surface area contributed by atoms with Crippen molar-refractivity contribution >= 4 is 0 Å². The Labute approximate surface area is 94.8 Å². The van der Waals surface area contributed by atoms with Gasteiger partial charge in [0.05, 0.1) is 6.61 Å². The van der Waals surface area contributed by atoms with E-state index >= 15 is 0 Å². The Bertz CT molecular complexity index is 157. The molecule has 2 heteroatoms. The van der Waals surface area contributed by atoms with Crippen molar-refractivity contribution in [2.75, 3.05) is 20.3 Å². The molecule has 2 unspecified atom stereocenters. The van der Waals surface area contributed by atoms with Gasteiger partial charge in [-0.15, -0.1) is 0 Å². The van der Waals surface area contributed by atoms with E-state index in [0.717, 1.165) is 19.1 Å². The monoisotopic (exact) mass is 213 g/mol. The van der Waals surface area contributed by atoms with E-state index in [1.165, 1.54) is 32.1 Å². The predicted octanol–water partition coefficient (Wildman–Crippen LogP) is 2.83.